The van der Waals surface area contributed by atoms with Crippen molar-refractivity contribution < 1.29 is 19.8 Å². The van der Waals surface area contributed by atoms with E-state index in [0.717, 1.165) is 33.6 Å². The fourth-order valence-corrected chi connectivity index (χ4v) is 7.93. The third-order valence-electron chi connectivity index (χ3n) is 11.8. The van der Waals surface area contributed by atoms with E-state index in [2.05, 4.69) is 52.1 Å². The summed E-state index contributed by atoms with van der Waals surface area (Å²) in [7, 11) is 0. The summed E-state index contributed by atoms with van der Waals surface area (Å²) in [6.07, 6.45) is 3.36. The molecule has 0 heterocycles. The molecule has 10 aromatic carbocycles. The topological polar surface area (TPSA) is 197 Å². The molecular formula is C60H44N10O4. The first-order valence-electron chi connectivity index (χ1n) is 23.4. The first-order chi connectivity index (χ1) is 36.3. The molecule has 74 heavy (non-hydrogen) atoms. The molecule has 0 saturated heterocycles. The predicted octanol–water partition coefficient (Wildman–Crippen LogP) is 15.3. The summed E-state index contributed by atoms with van der Waals surface area (Å²) >= 11 is 0. The Bertz CT molecular complexity index is 3510. The molecule has 10 rings (SSSR count). The zero-order chi connectivity index (χ0) is 50.6. The highest BCUT2D eigenvalue weighted by atomic mass is 16.3. The number of amides is 2. The van der Waals surface area contributed by atoms with Gasteiger partial charge in [0.05, 0.1) is 46.3 Å². The Balaban J connectivity index is 0.797. The number of azo groups is 2. The van der Waals surface area contributed by atoms with Crippen LogP contribution in [0, 0.1) is 0 Å². The molecule has 0 aliphatic rings. The van der Waals surface area contributed by atoms with E-state index in [1.54, 1.807) is 73.1 Å². The molecule has 0 radical (unpaired) electrons. The van der Waals surface area contributed by atoms with Gasteiger partial charge in [0.25, 0.3) is 11.8 Å². The number of carbonyl (C=O) groups excluding carboxylic acids is 2. The number of carbonyl (C=O) groups is 2. The van der Waals surface area contributed by atoms with E-state index < -0.39 is 11.8 Å². The van der Waals surface area contributed by atoms with Crippen molar-refractivity contribution in [3.05, 3.63) is 241 Å². The molecule has 0 aromatic heterocycles. The predicted molar refractivity (Wildman–Crippen MR) is 296 cm³/mol. The van der Waals surface area contributed by atoms with Crippen LogP contribution < -0.4 is 21.5 Å². The average molecular weight is 969 g/mol. The van der Waals surface area contributed by atoms with Crippen molar-refractivity contribution in [1.82, 2.24) is 0 Å². The van der Waals surface area contributed by atoms with Crippen LogP contribution in [0.1, 0.15) is 31.8 Å². The van der Waals surface area contributed by atoms with E-state index in [0.29, 0.717) is 44.3 Å². The minimum Gasteiger partial charge on any atom is -0.505 e. The summed E-state index contributed by atoms with van der Waals surface area (Å²) in [5, 5.41) is 57.7. The Labute approximate surface area is 424 Å². The molecule has 0 unspecified atom stereocenters. The van der Waals surface area contributed by atoms with Crippen LogP contribution in [0.5, 0.6) is 11.5 Å². The number of anilines is 4. The second kappa shape index (κ2) is 22.0. The van der Waals surface area contributed by atoms with Crippen molar-refractivity contribution in [2.75, 3.05) is 21.5 Å². The standard InChI is InChI=1S/C60H44N10O4/c71-57-53(59(73)63-45-27-19-39(20-28-45)37-61-65-47-13-3-1-4-14-47)35-43-11-7-9-17-51(43)55(57)69-67-49-31-23-41(24-32-49)42-25-33-50(34-26-42)68-70-56-52-18-10-8-12-44(52)36-54(58(56)72)60(74)64-46-29-21-40(22-30-46)38-62-66-48-15-5-2-6-16-48/h1-38,65-66,71-72H,(H,63,73)(H,64,74)/b61-37+,62-38+,69-67?,70-68?. The van der Waals surface area contributed by atoms with Gasteiger partial charge in [-0.2, -0.15) is 20.4 Å². The van der Waals surface area contributed by atoms with E-state index in [1.807, 2.05) is 158 Å². The molecule has 14 heteroatoms. The third-order valence-corrected chi connectivity index (χ3v) is 11.8. The molecule has 14 nitrogen and oxygen atoms in total. The van der Waals surface area contributed by atoms with Gasteiger partial charge >= 0.3 is 0 Å². The Morgan fingerprint density at radius 3 is 1.14 bits per heavy atom. The van der Waals surface area contributed by atoms with Crippen molar-refractivity contribution in [3.63, 3.8) is 0 Å². The highest BCUT2D eigenvalue weighted by Gasteiger charge is 2.20. The number of para-hydroxylation sites is 2. The minimum atomic E-state index is -0.506. The fraction of sp³-hybridized carbons (Fsp3) is 0. The number of hydrogen-bond acceptors (Lipinski definition) is 12. The van der Waals surface area contributed by atoms with Gasteiger partial charge in [-0.3, -0.25) is 20.4 Å². The SMILES string of the molecule is O=C(Nc1ccc(/C=N/Nc2ccccc2)cc1)c1cc2ccccc2c(N=Nc2ccc(-c3ccc(N=Nc4c(O)c(C(=O)Nc5ccc(/C=N/Nc6ccccc6)cc5)cc5ccccc45)cc3)cc2)c1O. The van der Waals surface area contributed by atoms with Gasteiger partial charge in [-0.25, -0.2) is 0 Å². The summed E-state index contributed by atoms with van der Waals surface area (Å²) in [5.74, 6) is -1.61. The van der Waals surface area contributed by atoms with E-state index in [1.165, 1.54) is 0 Å². The zero-order valence-corrected chi connectivity index (χ0v) is 39.3. The number of fused-ring (bicyclic) bond motifs is 2. The number of nitrogens with one attached hydrogen (secondary N) is 4. The van der Waals surface area contributed by atoms with Crippen LogP contribution in [0.25, 0.3) is 32.7 Å². The van der Waals surface area contributed by atoms with Gasteiger partial charge in [-0.15, -0.1) is 10.2 Å². The fourth-order valence-electron chi connectivity index (χ4n) is 7.93. The first kappa shape index (κ1) is 47.1. The van der Waals surface area contributed by atoms with Gasteiger partial charge in [0.15, 0.2) is 11.5 Å². The van der Waals surface area contributed by atoms with Gasteiger partial charge in [0, 0.05) is 22.1 Å². The maximum Gasteiger partial charge on any atom is 0.259 e. The Kier molecular flexibility index (Phi) is 14.0. The third kappa shape index (κ3) is 11.2. The minimum absolute atomic E-state index is 0.0493. The van der Waals surface area contributed by atoms with Crippen molar-refractivity contribution >= 4 is 91.3 Å². The van der Waals surface area contributed by atoms with Gasteiger partial charge in [-0.1, -0.05) is 133 Å². The Hall–Kier alpha value is -10.6. The van der Waals surface area contributed by atoms with Gasteiger partial charge in [0.1, 0.15) is 11.4 Å². The van der Waals surface area contributed by atoms with Crippen molar-refractivity contribution in [3.8, 4) is 22.6 Å². The first-order valence-corrected chi connectivity index (χ1v) is 23.4. The van der Waals surface area contributed by atoms with Gasteiger partial charge < -0.3 is 20.8 Å². The Morgan fingerprint density at radius 1 is 0.378 bits per heavy atom. The largest absolute Gasteiger partial charge is 0.505 e. The molecule has 0 aliphatic heterocycles. The van der Waals surface area contributed by atoms with Crippen LogP contribution in [0.15, 0.2) is 249 Å². The summed E-state index contributed by atoms with van der Waals surface area (Å²) in [4.78, 5) is 27.2. The second-order valence-corrected chi connectivity index (χ2v) is 16.8. The van der Waals surface area contributed by atoms with Gasteiger partial charge in [0.2, 0.25) is 0 Å². The highest BCUT2D eigenvalue weighted by molar-refractivity contribution is 6.13. The average Bonchev–Trinajstić information content (AvgIpc) is 3.44. The zero-order valence-electron chi connectivity index (χ0n) is 39.3. The van der Waals surface area contributed by atoms with Crippen molar-refractivity contribution in [2.24, 2.45) is 30.7 Å². The molecular weight excluding hydrogens is 925 g/mol. The lowest BCUT2D eigenvalue weighted by molar-refractivity contribution is 0.101. The van der Waals surface area contributed by atoms with Crippen LogP contribution in [0.2, 0.25) is 0 Å². The molecule has 0 spiro atoms. The number of rotatable bonds is 15. The van der Waals surface area contributed by atoms with Crippen LogP contribution in [0.4, 0.5) is 45.5 Å². The second-order valence-electron chi connectivity index (χ2n) is 16.8. The molecule has 0 bridgehead atoms. The molecule has 358 valence electrons. The molecule has 2 amide bonds. The summed E-state index contributed by atoms with van der Waals surface area (Å²) < 4.78 is 0. The number of hydrazone groups is 2. The van der Waals surface area contributed by atoms with Crippen LogP contribution in [0.3, 0.4) is 0 Å². The quantitative estimate of drug-likeness (QED) is 0.0336. The van der Waals surface area contributed by atoms with Crippen LogP contribution in [-0.2, 0) is 0 Å². The molecule has 0 aliphatic carbocycles. The maximum atomic E-state index is 13.6. The summed E-state index contributed by atoms with van der Waals surface area (Å²) in [5.41, 5.74) is 13.7. The number of aromatic hydroxyl groups is 2. The molecule has 6 N–H and O–H groups in total. The summed E-state index contributed by atoms with van der Waals surface area (Å²) in [6, 6.07) is 66.3. The smallest absolute Gasteiger partial charge is 0.259 e. The lowest BCUT2D eigenvalue weighted by Crippen LogP contribution is -2.12. The van der Waals surface area contributed by atoms with Gasteiger partial charge in [-0.05, 0) is 118 Å². The van der Waals surface area contributed by atoms with E-state index in [-0.39, 0.29) is 34.0 Å². The molecule has 0 saturated carbocycles. The molecule has 0 atom stereocenters. The number of nitrogens with zero attached hydrogens (tertiary/aromatic N) is 6. The highest BCUT2D eigenvalue weighted by Crippen LogP contribution is 2.41. The number of hydrogen-bond donors (Lipinski definition) is 6. The van der Waals surface area contributed by atoms with E-state index in [4.69, 9.17) is 0 Å². The van der Waals surface area contributed by atoms with Crippen molar-refractivity contribution in [2.45, 2.75) is 0 Å². The number of benzene rings is 10. The van der Waals surface area contributed by atoms with E-state index in [9.17, 15) is 19.8 Å². The number of phenolic OH excluding ortho intramolecular Hbond substituents is 2. The normalized spacial score (nSPS) is 11.5. The number of phenols is 2. The van der Waals surface area contributed by atoms with E-state index >= 15 is 0 Å². The lowest BCUT2D eigenvalue weighted by atomic mass is 10.0. The van der Waals surface area contributed by atoms with Crippen molar-refractivity contribution in [1.29, 1.82) is 0 Å². The maximum absolute atomic E-state index is 13.6. The molecule has 10 aromatic rings. The Morgan fingerprint density at radius 2 is 0.743 bits per heavy atom. The molecule has 0 fully saturated rings. The lowest BCUT2D eigenvalue weighted by Gasteiger charge is -2.11. The monoisotopic (exact) mass is 968 g/mol. The van der Waals surface area contributed by atoms with Crippen LogP contribution >= 0.6 is 0 Å². The summed E-state index contributed by atoms with van der Waals surface area (Å²) in [6.45, 7) is 0. The van der Waals surface area contributed by atoms with Crippen LogP contribution in [-0.4, -0.2) is 34.5 Å².